The molecular formula is C15H10BrNO4. The Morgan fingerprint density at radius 1 is 1.29 bits per heavy atom. The number of aromatic nitrogens is 1. The molecule has 0 saturated carbocycles. The first-order valence-corrected chi connectivity index (χ1v) is 7.38. The summed E-state index contributed by atoms with van der Waals surface area (Å²) in [6.45, 7) is 0.596. The SMILES string of the molecule is O=c1oc2c(c(O)c1Br)c(=O)n1c3c(cccc23)CCC1. The van der Waals surface area contributed by atoms with Crippen molar-refractivity contribution in [3.63, 3.8) is 0 Å². The van der Waals surface area contributed by atoms with Gasteiger partial charge in [0.2, 0.25) is 0 Å². The fourth-order valence-electron chi connectivity index (χ4n) is 3.06. The number of nitrogens with zero attached hydrogens (tertiary/aromatic N) is 1. The Balaban J connectivity index is 2.41. The minimum absolute atomic E-state index is 0.0491. The van der Waals surface area contributed by atoms with Crippen LogP contribution in [0.4, 0.5) is 0 Å². The summed E-state index contributed by atoms with van der Waals surface area (Å²) in [4.78, 5) is 24.4. The maximum Gasteiger partial charge on any atom is 0.354 e. The van der Waals surface area contributed by atoms with Gasteiger partial charge in [0.1, 0.15) is 9.86 Å². The van der Waals surface area contributed by atoms with Gasteiger partial charge in [-0.1, -0.05) is 12.1 Å². The third-order valence-corrected chi connectivity index (χ3v) is 4.67. The topological polar surface area (TPSA) is 72.4 Å². The number of hydrogen-bond acceptors (Lipinski definition) is 4. The highest BCUT2D eigenvalue weighted by Crippen LogP contribution is 2.34. The van der Waals surface area contributed by atoms with E-state index in [4.69, 9.17) is 4.42 Å². The van der Waals surface area contributed by atoms with Crippen LogP contribution in [-0.2, 0) is 13.0 Å². The van der Waals surface area contributed by atoms with Gasteiger partial charge in [-0.05, 0) is 40.4 Å². The number of para-hydroxylation sites is 1. The highest BCUT2D eigenvalue weighted by molar-refractivity contribution is 9.10. The normalized spacial score (nSPS) is 14.0. The Hall–Kier alpha value is -2.08. The van der Waals surface area contributed by atoms with E-state index in [9.17, 15) is 14.7 Å². The first-order chi connectivity index (χ1) is 10.1. The number of halogens is 1. The first kappa shape index (κ1) is 12.6. The van der Waals surface area contributed by atoms with Crippen molar-refractivity contribution in [1.82, 2.24) is 4.57 Å². The Kier molecular flexibility index (Phi) is 2.53. The lowest BCUT2D eigenvalue weighted by Crippen LogP contribution is -2.25. The second-order valence-corrected chi connectivity index (χ2v) is 5.92. The van der Waals surface area contributed by atoms with Crippen molar-refractivity contribution in [2.24, 2.45) is 0 Å². The molecular weight excluding hydrogens is 338 g/mol. The van der Waals surface area contributed by atoms with Crippen molar-refractivity contribution in [3.8, 4) is 5.75 Å². The molecule has 106 valence electrons. The van der Waals surface area contributed by atoms with Crippen LogP contribution in [-0.4, -0.2) is 9.67 Å². The Morgan fingerprint density at radius 3 is 2.90 bits per heavy atom. The third-order valence-electron chi connectivity index (χ3n) is 3.97. The molecule has 0 bridgehead atoms. The monoisotopic (exact) mass is 347 g/mol. The molecule has 0 spiro atoms. The van der Waals surface area contributed by atoms with Crippen molar-refractivity contribution < 1.29 is 9.52 Å². The fourth-order valence-corrected chi connectivity index (χ4v) is 3.34. The first-order valence-electron chi connectivity index (χ1n) is 6.59. The van der Waals surface area contributed by atoms with Gasteiger partial charge >= 0.3 is 5.63 Å². The molecule has 2 aromatic heterocycles. The second kappa shape index (κ2) is 4.21. The van der Waals surface area contributed by atoms with Gasteiger partial charge in [-0.3, -0.25) is 4.79 Å². The smallest absolute Gasteiger partial charge is 0.354 e. The Bertz CT molecular complexity index is 1030. The van der Waals surface area contributed by atoms with E-state index >= 15 is 0 Å². The second-order valence-electron chi connectivity index (χ2n) is 5.13. The molecule has 5 nitrogen and oxygen atoms in total. The van der Waals surface area contributed by atoms with E-state index in [1.165, 1.54) is 0 Å². The minimum atomic E-state index is -0.694. The van der Waals surface area contributed by atoms with Crippen LogP contribution in [0.2, 0.25) is 0 Å². The average Bonchev–Trinajstić information content (AvgIpc) is 2.49. The summed E-state index contributed by atoms with van der Waals surface area (Å²) >= 11 is 2.97. The van der Waals surface area contributed by atoms with Crippen molar-refractivity contribution >= 4 is 37.8 Å². The number of benzene rings is 1. The van der Waals surface area contributed by atoms with Crippen LogP contribution in [0.25, 0.3) is 21.9 Å². The van der Waals surface area contributed by atoms with Gasteiger partial charge in [0.25, 0.3) is 5.56 Å². The van der Waals surface area contributed by atoms with Crippen molar-refractivity contribution in [1.29, 1.82) is 0 Å². The predicted octanol–water partition coefficient (Wildman–Crippen LogP) is 2.52. The van der Waals surface area contributed by atoms with Gasteiger partial charge in [0.05, 0.1) is 5.52 Å². The Morgan fingerprint density at radius 2 is 2.10 bits per heavy atom. The van der Waals surface area contributed by atoms with Crippen LogP contribution in [0.5, 0.6) is 5.75 Å². The molecule has 1 aliphatic heterocycles. The number of hydrogen-bond donors (Lipinski definition) is 1. The molecule has 1 aromatic carbocycles. The zero-order valence-corrected chi connectivity index (χ0v) is 12.4. The van der Waals surface area contributed by atoms with E-state index in [1.807, 2.05) is 12.1 Å². The lowest BCUT2D eigenvalue weighted by atomic mass is 10.00. The average molecular weight is 348 g/mol. The summed E-state index contributed by atoms with van der Waals surface area (Å²) in [5.74, 6) is -0.354. The van der Waals surface area contributed by atoms with Gasteiger partial charge in [0.15, 0.2) is 11.3 Å². The molecule has 21 heavy (non-hydrogen) atoms. The summed E-state index contributed by atoms with van der Waals surface area (Å²) < 4.78 is 6.81. The minimum Gasteiger partial charge on any atom is -0.506 e. The zero-order chi connectivity index (χ0) is 14.7. The number of rotatable bonds is 0. The van der Waals surface area contributed by atoms with E-state index in [-0.39, 0.29) is 26.8 Å². The van der Waals surface area contributed by atoms with Crippen molar-refractivity contribution in [2.75, 3.05) is 0 Å². The molecule has 1 N–H and O–H groups in total. The molecule has 3 aromatic rings. The van der Waals surface area contributed by atoms with Crippen LogP contribution in [0.15, 0.2) is 36.7 Å². The van der Waals surface area contributed by atoms with Gasteiger partial charge in [0, 0.05) is 11.9 Å². The molecule has 0 unspecified atom stereocenters. The largest absolute Gasteiger partial charge is 0.506 e. The number of aromatic hydroxyl groups is 1. The van der Waals surface area contributed by atoms with Crippen LogP contribution < -0.4 is 11.2 Å². The van der Waals surface area contributed by atoms with E-state index < -0.39 is 5.63 Å². The van der Waals surface area contributed by atoms with Gasteiger partial charge in [-0.15, -0.1) is 0 Å². The molecule has 0 saturated heterocycles. The molecule has 6 heteroatoms. The summed E-state index contributed by atoms with van der Waals surface area (Å²) in [6.07, 6.45) is 1.76. The standard InChI is InChI=1S/C15H10BrNO4/c16-10-12(18)9-13(21-15(10)20)8-5-1-3-7-4-2-6-17(11(7)8)14(9)19/h1,3,5,18H,2,4,6H2. The molecule has 0 amide bonds. The quantitative estimate of drug-likeness (QED) is 0.634. The molecule has 0 aliphatic carbocycles. The Labute approximate surface area is 126 Å². The summed E-state index contributed by atoms with van der Waals surface area (Å²) in [7, 11) is 0. The lowest BCUT2D eigenvalue weighted by Gasteiger charge is -2.20. The molecule has 4 rings (SSSR count). The van der Waals surface area contributed by atoms with Crippen LogP contribution in [0.3, 0.4) is 0 Å². The summed E-state index contributed by atoms with van der Waals surface area (Å²) in [5.41, 5.74) is 0.988. The van der Waals surface area contributed by atoms with Crippen molar-refractivity contribution in [2.45, 2.75) is 19.4 Å². The van der Waals surface area contributed by atoms with E-state index in [1.54, 1.807) is 10.6 Å². The molecule has 3 heterocycles. The summed E-state index contributed by atoms with van der Waals surface area (Å²) in [6, 6.07) is 5.65. The predicted molar refractivity (Wildman–Crippen MR) is 81.9 cm³/mol. The zero-order valence-electron chi connectivity index (χ0n) is 10.9. The van der Waals surface area contributed by atoms with E-state index in [2.05, 4.69) is 15.9 Å². The molecule has 0 radical (unpaired) electrons. The fraction of sp³-hybridized carbons (Fsp3) is 0.200. The molecule has 0 atom stereocenters. The van der Waals surface area contributed by atoms with Crippen LogP contribution in [0.1, 0.15) is 12.0 Å². The van der Waals surface area contributed by atoms with E-state index in [0.29, 0.717) is 11.9 Å². The van der Waals surface area contributed by atoms with Crippen LogP contribution in [0, 0.1) is 0 Å². The maximum atomic E-state index is 12.7. The number of pyridine rings is 1. The number of aryl methyl sites for hydroxylation is 2. The van der Waals surface area contributed by atoms with Crippen molar-refractivity contribution in [3.05, 3.63) is 49.0 Å². The highest BCUT2D eigenvalue weighted by atomic mass is 79.9. The van der Waals surface area contributed by atoms with E-state index in [0.717, 1.165) is 23.9 Å². The van der Waals surface area contributed by atoms with Gasteiger partial charge < -0.3 is 14.1 Å². The maximum absolute atomic E-state index is 12.7. The third kappa shape index (κ3) is 1.56. The molecule has 0 fully saturated rings. The highest BCUT2D eigenvalue weighted by Gasteiger charge is 2.22. The van der Waals surface area contributed by atoms with Crippen LogP contribution >= 0.6 is 15.9 Å². The van der Waals surface area contributed by atoms with Gasteiger partial charge in [-0.2, -0.15) is 0 Å². The van der Waals surface area contributed by atoms with Gasteiger partial charge in [-0.25, -0.2) is 4.79 Å². The lowest BCUT2D eigenvalue weighted by molar-refractivity contribution is 0.461. The molecule has 1 aliphatic rings. The summed E-state index contributed by atoms with van der Waals surface area (Å²) in [5, 5.41) is 10.9. The number of fused-ring (bicyclic) bond motifs is 2.